The summed E-state index contributed by atoms with van der Waals surface area (Å²) in [7, 11) is 1.58. The molecule has 4 heteroatoms. The molecule has 2 aromatic carbocycles. The van der Waals surface area contributed by atoms with Gasteiger partial charge in [-0.1, -0.05) is 42.5 Å². The van der Waals surface area contributed by atoms with Crippen molar-refractivity contribution in [1.29, 1.82) is 0 Å². The Labute approximate surface area is 144 Å². The maximum Gasteiger partial charge on any atom is 0.261 e. The summed E-state index contributed by atoms with van der Waals surface area (Å²) in [5.41, 5.74) is 0.801. The van der Waals surface area contributed by atoms with Gasteiger partial charge >= 0.3 is 0 Å². The molecular weight excluding hydrogens is 302 g/mol. The smallest absolute Gasteiger partial charge is 0.261 e. The Balaban J connectivity index is 2.08. The Morgan fingerprint density at radius 3 is 2.12 bits per heavy atom. The molecule has 0 N–H and O–H groups in total. The van der Waals surface area contributed by atoms with Crippen molar-refractivity contribution in [2.24, 2.45) is 0 Å². The van der Waals surface area contributed by atoms with Crippen LogP contribution < -0.4 is 9.47 Å². The van der Waals surface area contributed by atoms with Gasteiger partial charge in [0.2, 0.25) is 0 Å². The van der Waals surface area contributed by atoms with Gasteiger partial charge in [0.15, 0.2) is 18.1 Å². The third-order valence-corrected chi connectivity index (χ3v) is 3.71. The van der Waals surface area contributed by atoms with Crippen molar-refractivity contribution in [2.45, 2.75) is 32.9 Å². The van der Waals surface area contributed by atoms with E-state index in [1.807, 2.05) is 74.2 Å². The molecule has 0 aliphatic heterocycles. The van der Waals surface area contributed by atoms with Crippen LogP contribution in [0.3, 0.4) is 0 Å². The first-order valence-electron chi connectivity index (χ1n) is 8.02. The molecule has 4 nitrogen and oxygen atoms in total. The summed E-state index contributed by atoms with van der Waals surface area (Å²) in [5.74, 6) is 1.13. The molecule has 0 radical (unpaired) electrons. The fourth-order valence-electron chi connectivity index (χ4n) is 2.42. The third kappa shape index (κ3) is 4.75. The van der Waals surface area contributed by atoms with Gasteiger partial charge in [-0.25, -0.2) is 0 Å². The average Bonchev–Trinajstić information content (AvgIpc) is 2.57. The minimum atomic E-state index is -0.295. The Morgan fingerprint density at radius 1 is 0.958 bits per heavy atom. The second-order valence-electron chi connectivity index (χ2n) is 6.58. The molecule has 1 amide bonds. The molecule has 0 unspecified atom stereocenters. The number of benzene rings is 2. The number of amides is 1. The highest BCUT2D eigenvalue weighted by molar-refractivity contribution is 5.78. The quantitative estimate of drug-likeness (QED) is 0.807. The molecule has 0 atom stereocenters. The molecular formula is C20H25NO3. The fourth-order valence-corrected chi connectivity index (χ4v) is 2.42. The molecule has 0 aromatic heterocycles. The van der Waals surface area contributed by atoms with E-state index in [2.05, 4.69) is 0 Å². The highest BCUT2D eigenvalue weighted by Crippen LogP contribution is 2.26. The van der Waals surface area contributed by atoms with Crippen LogP contribution in [0.5, 0.6) is 11.5 Å². The van der Waals surface area contributed by atoms with E-state index in [1.54, 1.807) is 13.2 Å². The molecule has 0 heterocycles. The van der Waals surface area contributed by atoms with Crippen LogP contribution in [-0.4, -0.2) is 30.1 Å². The monoisotopic (exact) mass is 327 g/mol. The first-order valence-corrected chi connectivity index (χ1v) is 8.02. The minimum Gasteiger partial charge on any atom is -0.493 e. The van der Waals surface area contributed by atoms with Crippen molar-refractivity contribution >= 4 is 5.91 Å². The standard InChI is InChI=1S/C20H25NO3/c1-20(2,3)21(14-16-10-6-5-7-11-16)19(22)15-24-18-13-9-8-12-17(18)23-4/h5-13H,14-15H2,1-4H3. The van der Waals surface area contributed by atoms with E-state index in [1.165, 1.54) is 0 Å². The van der Waals surface area contributed by atoms with Crippen molar-refractivity contribution in [2.75, 3.05) is 13.7 Å². The van der Waals surface area contributed by atoms with Gasteiger partial charge in [0.05, 0.1) is 7.11 Å². The van der Waals surface area contributed by atoms with E-state index >= 15 is 0 Å². The van der Waals surface area contributed by atoms with Gasteiger partial charge in [-0.2, -0.15) is 0 Å². The highest BCUT2D eigenvalue weighted by atomic mass is 16.5. The normalized spacial score (nSPS) is 11.0. The van der Waals surface area contributed by atoms with E-state index in [4.69, 9.17) is 9.47 Å². The predicted molar refractivity (Wildman–Crippen MR) is 95.2 cm³/mol. The molecule has 0 spiro atoms. The number of hydrogen-bond donors (Lipinski definition) is 0. The number of rotatable bonds is 6. The number of methoxy groups -OCH3 is 1. The molecule has 0 fully saturated rings. The van der Waals surface area contributed by atoms with Gasteiger partial charge in [0.25, 0.3) is 5.91 Å². The number of hydrogen-bond acceptors (Lipinski definition) is 3. The number of para-hydroxylation sites is 2. The Bertz CT molecular complexity index is 662. The molecule has 0 aliphatic rings. The summed E-state index contributed by atoms with van der Waals surface area (Å²) in [4.78, 5) is 14.6. The molecule has 0 aliphatic carbocycles. The molecule has 0 saturated carbocycles. The van der Waals surface area contributed by atoms with Crippen molar-refractivity contribution < 1.29 is 14.3 Å². The predicted octanol–water partition coefficient (Wildman–Crippen LogP) is 3.90. The van der Waals surface area contributed by atoms with Crippen molar-refractivity contribution in [1.82, 2.24) is 4.90 Å². The third-order valence-electron chi connectivity index (χ3n) is 3.71. The lowest BCUT2D eigenvalue weighted by Gasteiger charge is -2.35. The Kier molecular flexibility index (Phi) is 5.85. The van der Waals surface area contributed by atoms with E-state index in [-0.39, 0.29) is 18.1 Å². The first kappa shape index (κ1) is 17.9. The second kappa shape index (κ2) is 7.86. The minimum absolute atomic E-state index is 0.0233. The van der Waals surface area contributed by atoms with Gasteiger partial charge in [-0.15, -0.1) is 0 Å². The topological polar surface area (TPSA) is 38.8 Å². The summed E-state index contributed by atoms with van der Waals surface area (Å²) < 4.78 is 10.9. The number of carbonyl (C=O) groups excluding carboxylic acids is 1. The summed E-state index contributed by atoms with van der Waals surface area (Å²) in [5, 5.41) is 0. The highest BCUT2D eigenvalue weighted by Gasteiger charge is 2.27. The maximum atomic E-state index is 12.7. The fraction of sp³-hybridized carbons (Fsp3) is 0.350. The van der Waals surface area contributed by atoms with Crippen LogP contribution in [0.1, 0.15) is 26.3 Å². The van der Waals surface area contributed by atoms with Crippen molar-refractivity contribution in [3.8, 4) is 11.5 Å². The van der Waals surface area contributed by atoms with Crippen LogP contribution in [0.15, 0.2) is 54.6 Å². The van der Waals surface area contributed by atoms with Crippen LogP contribution in [0, 0.1) is 0 Å². The SMILES string of the molecule is COc1ccccc1OCC(=O)N(Cc1ccccc1)C(C)(C)C. The van der Waals surface area contributed by atoms with Crippen molar-refractivity contribution in [3.05, 3.63) is 60.2 Å². The van der Waals surface area contributed by atoms with Crippen LogP contribution >= 0.6 is 0 Å². The number of ether oxygens (including phenoxy) is 2. The molecule has 2 aromatic rings. The summed E-state index contributed by atoms with van der Waals surface area (Å²) in [6, 6.07) is 17.3. The molecule has 128 valence electrons. The van der Waals surface area contributed by atoms with Crippen LogP contribution in [0.2, 0.25) is 0 Å². The van der Waals surface area contributed by atoms with Crippen molar-refractivity contribution in [3.63, 3.8) is 0 Å². The van der Waals surface area contributed by atoms with Gasteiger partial charge in [0, 0.05) is 12.1 Å². The van der Waals surface area contributed by atoms with Gasteiger partial charge in [0.1, 0.15) is 0 Å². The largest absolute Gasteiger partial charge is 0.493 e. The number of nitrogens with zero attached hydrogens (tertiary/aromatic N) is 1. The van der Waals surface area contributed by atoms with E-state index in [0.29, 0.717) is 18.0 Å². The summed E-state index contributed by atoms with van der Waals surface area (Å²) in [6.45, 7) is 6.60. The Hall–Kier alpha value is -2.49. The van der Waals surface area contributed by atoms with E-state index in [0.717, 1.165) is 5.56 Å². The lowest BCUT2D eigenvalue weighted by Crippen LogP contribution is -2.47. The summed E-state index contributed by atoms with van der Waals surface area (Å²) in [6.07, 6.45) is 0. The lowest BCUT2D eigenvalue weighted by molar-refractivity contribution is -0.139. The molecule has 0 bridgehead atoms. The van der Waals surface area contributed by atoms with Crippen LogP contribution in [0.25, 0.3) is 0 Å². The van der Waals surface area contributed by atoms with Gasteiger partial charge in [-0.3, -0.25) is 4.79 Å². The second-order valence-corrected chi connectivity index (χ2v) is 6.58. The molecule has 2 rings (SSSR count). The first-order chi connectivity index (χ1) is 11.4. The van der Waals surface area contributed by atoms with Gasteiger partial charge < -0.3 is 14.4 Å². The zero-order valence-electron chi connectivity index (χ0n) is 14.8. The van der Waals surface area contributed by atoms with Crippen LogP contribution in [-0.2, 0) is 11.3 Å². The zero-order chi connectivity index (χ0) is 17.6. The lowest BCUT2D eigenvalue weighted by atomic mass is 10.0. The van der Waals surface area contributed by atoms with E-state index < -0.39 is 0 Å². The van der Waals surface area contributed by atoms with E-state index in [9.17, 15) is 4.79 Å². The number of carbonyl (C=O) groups is 1. The zero-order valence-corrected chi connectivity index (χ0v) is 14.8. The van der Waals surface area contributed by atoms with Gasteiger partial charge in [-0.05, 0) is 38.5 Å². The summed E-state index contributed by atoms with van der Waals surface area (Å²) >= 11 is 0. The molecule has 24 heavy (non-hydrogen) atoms. The average molecular weight is 327 g/mol. The molecule has 0 saturated heterocycles. The van der Waals surface area contributed by atoms with Crippen LogP contribution in [0.4, 0.5) is 0 Å². The maximum absolute atomic E-state index is 12.7. The Morgan fingerprint density at radius 2 is 1.54 bits per heavy atom.